The average Bonchev–Trinajstić information content (AvgIpc) is 2.74. The largest absolute Gasteiger partial charge is 0.481 e. The number of carbonyl (C=O) groups excluding carboxylic acids is 2. The summed E-state index contributed by atoms with van der Waals surface area (Å²) < 4.78 is 0. The molecule has 2 heterocycles. The highest BCUT2D eigenvalue weighted by Crippen LogP contribution is 2.21. The second-order valence-electron chi connectivity index (χ2n) is 5.05. The summed E-state index contributed by atoms with van der Waals surface area (Å²) in [6, 6.07) is -0.402. The van der Waals surface area contributed by atoms with Crippen LogP contribution in [0.25, 0.3) is 0 Å². The smallest absolute Gasteiger partial charge is 0.303 e. The molecule has 0 bridgehead atoms. The summed E-state index contributed by atoms with van der Waals surface area (Å²) in [7, 11) is 0. The molecule has 2 amide bonds. The Morgan fingerprint density at radius 3 is 2.78 bits per heavy atom. The van der Waals surface area contributed by atoms with Gasteiger partial charge in [0, 0.05) is 25.9 Å². The lowest BCUT2D eigenvalue weighted by Gasteiger charge is -2.33. The minimum absolute atomic E-state index is 0.0392. The first-order chi connectivity index (χ1) is 8.56. The van der Waals surface area contributed by atoms with E-state index < -0.39 is 12.0 Å². The molecule has 0 aromatic carbocycles. The van der Waals surface area contributed by atoms with Gasteiger partial charge >= 0.3 is 5.97 Å². The van der Waals surface area contributed by atoms with Crippen molar-refractivity contribution in [2.24, 2.45) is 5.92 Å². The van der Waals surface area contributed by atoms with Gasteiger partial charge in [0.15, 0.2) is 0 Å². The maximum Gasteiger partial charge on any atom is 0.303 e. The molecule has 2 fully saturated rings. The van der Waals surface area contributed by atoms with Crippen molar-refractivity contribution >= 4 is 17.8 Å². The molecule has 2 aliphatic heterocycles. The quantitative estimate of drug-likeness (QED) is 0.741. The Labute approximate surface area is 105 Å². The number of piperidine rings is 1. The van der Waals surface area contributed by atoms with Gasteiger partial charge in [0.2, 0.25) is 11.8 Å². The van der Waals surface area contributed by atoms with Crippen LogP contribution in [0, 0.1) is 5.92 Å². The summed E-state index contributed by atoms with van der Waals surface area (Å²) in [6.07, 6.45) is 2.76. The van der Waals surface area contributed by atoms with E-state index in [1.165, 1.54) is 0 Å². The summed E-state index contributed by atoms with van der Waals surface area (Å²) in [5, 5.41) is 11.4. The highest BCUT2D eigenvalue weighted by molar-refractivity contribution is 5.90. The second-order valence-corrected chi connectivity index (χ2v) is 5.05. The van der Waals surface area contributed by atoms with Crippen LogP contribution >= 0.6 is 0 Å². The van der Waals surface area contributed by atoms with Crippen LogP contribution in [-0.2, 0) is 14.4 Å². The first-order valence-corrected chi connectivity index (χ1v) is 6.36. The Balaban J connectivity index is 1.90. The van der Waals surface area contributed by atoms with Crippen LogP contribution in [0.1, 0.15) is 32.1 Å². The van der Waals surface area contributed by atoms with Gasteiger partial charge < -0.3 is 15.3 Å². The van der Waals surface area contributed by atoms with Gasteiger partial charge in [-0.1, -0.05) is 0 Å². The normalized spacial score (nSPS) is 28.0. The zero-order valence-electron chi connectivity index (χ0n) is 10.2. The summed E-state index contributed by atoms with van der Waals surface area (Å²) >= 11 is 0. The van der Waals surface area contributed by atoms with Gasteiger partial charge in [-0.15, -0.1) is 0 Å². The molecule has 2 aliphatic rings. The fraction of sp³-hybridized carbons (Fsp3) is 0.750. The Hall–Kier alpha value is -1.59. The fourth-order valence-electron chi connectivity index (χ4n) is 2.70. The molecule has 2 saturated heterocycles. The van der Waals surface area contributed by atoms with Crippen LogP contribution in [0.5, 0.6) is 0 Å². The average molecular weight is 254 g/mol. The van der Waals surface area contributed by atoms with Crippen LogP contribution in [-0.4, -0.2) is 46.9 Å². The van der Waals surface area contributed by atoms with Gasteiger partial charge in [-0.05, 0) is 25.2 Å². The second kappa shape index (κ2) is 5.37. The third kappa shape index (κ3) is 3.00. The zero-order chi connectivity index (χ0) is 13.1. The standard InChI is InChI=1S/C12H18N2O4/c15-10-4-3-9(13-10)12(18)14-5-1-2-8(7-14)6-11(16)17/h8-9H,1-7H2,(H,13,15)(H,16,17)/t8?,9-/m0/s1. The van der Waals surface area contributed by atoms with E-state index in [1.807, 2.05) is 0 Å². The lowest BCUT2D eigenvalue weighted by Crippen LogP contribution is -2.48. The highest BCUT2D eigenvalue weighted by Gasteiger charge is 2.33. The molecular weight excluding hydrogens is 236 g/mol. The van der Waals surface area contributed by atoms with Crippen molar-refractivity contribution in [2.75, 3.05) is 13.1 Å². The van der Waals surface area contributed by atoms with E-state index >= 15 is 0 Å². The van der Waals surface area contributed by atoms with Gasteiger partial charge in [-0.25, -0.2) is 0 Å². The van der Waals surface area contributed by atoms with Crippen molar-refractivity contribution in [1.82, 2.24) is 10.2 Å². The van der Waals surface area contributed by atoms with Gasteiger partial charge in [0.25, 0.3) is 0 Å². The molecule has 2 atom stereocenters. The number of carbonyl (C=O) groups is 3. The van der Waals surface area contributed by atoms with Gasteiger partial charge in [-0.2, -0.15) is 0 Å². The van der Waals surface area contributed by atoms with Crippen LogP contribution in [0.4, 0.5) is 0 Å². The molecule has 2 rings (SSSR count). The molecule has 6 nitrogen and oxygen atoms in total. The number of hydrogen-bond donors (Lipinski definition) is 2. The van der Waals surface area contributed by atoms with E-state index in [1.54, 1.807) is 4.90 Å². The molecule has 6 heteroatoms. The summed E-state index contributed by atoms with van der Waals surface area (Å²) in [5.74, 6) is -0.913. The number of amides is 2. The van der Waals surface area contributed by atoms with Crippen molar-refractivity contribution in [1.29, 1.82) is 0 Å². The molecule has 0 spiro atoms. The molecular formula is C12H18N2O4. The minimum atomic E-state index is -0.816. The first-order valence-electron chi connectivity index (χ1n) is 6.36. The molecule has 0 aliphatic carbocycles. The Morgan fingerprint density at radius 2 is 2.17 bits per heavy atom. The lowest BCUT2D eigenvalue weighted by molar-refractivity contribution is -0.141. The van der Waals surface area contributed by atoms with Crippen molar-refractivity contribution in [2.45, 2.75) is 38.1 Å². The maximum absolute atomic E-state index is 12.1. The van der Waals surface area contributed by atoms with E-state index in [0.29, 0.717) is 25.9 Å². The Morgan fingerprint density at radius 1 is 1.39 bits per heavy atom. The SMILES string of the molecule is O=C(O)CC1CCCN(C(=O)[C@@H]2CCC(=O)N2)C1. The molecule has 0 aromatic heterocycles. The number of likely N-dealkylation sites (tertiary alicyclic amines) is 1. The number of nitrogens with zero attached hydrogens (tertiary/aromatic N) is 1. The zero-order valence-corrected chi connectivity index (χ0v) is 10.2. The lowest BCUT2D eigenvalue weighted by atomic mass is 9.94. The third-order valence-electron chi connectivity index (χ3n) is 3.59. The Bertz CT molecular complexity index is 369. The van der Waals surface area contributed by atoms with Crippen molar-refractivity contribution < 1.29 is 19.5 Å². The van der Waals surface area contributed by atoms with E-state index in [4.69, 9.17) is 5.11 Å². The molecule has 1 unspecified atom stereocenters. The van der Waals surface area contributed by atoms with Crippen LogP contribution in [0.15, 0.2) is 0 Å². The van der Waals surface area contributed by atoms with E-state index in [-0.39, 0.29) is 24.2 Å². The summed E-state index contributed by atoms with van der Waals surface area (Å²) in [4.78, 5) is 35.6. The predicted molar refractivity (Wildman–Crippen MR) is 62.7 cm³/mol. The van der Waals surface area contributed by atoms with Gasteiger partial charge in [0.05, 0.1) is 0 Å². The molecule has 18 heavy (non-hydrogen) atoms. The first kappa shape index (κ1) is 12.9. The number of nitrogens with one attached hydrogen (secondary N) is 1. The van der Waals surface area contributed by atoms with E-state index in [0.717, 1.165) is 12.8 Å². The number of carboxylic acids is 1. The number of carboxylic acid groups (broad SMARTS) is 1. The predicted octanol–water partition coefficient (Wildman–Crippen LogP) is -0.0217. The number of hydrogen-bond acceptors (Lipinski definition) is 3. The van der Waals surface area contributed by atoms with Crippen LogP contribution in [0.3, 0.4) is 0 Å². The third-order valence-corrected chi connectivity index (χ3v) is 3.59. The van der Waals surface area contributed by atoms with Crippen LogP contribution in [0.2, 0.25) is 0 Å². The molecule has 0 radical (unpaired) electrons. The summed E-state index contributed by atoms with van der Waals surface area (Å²) in [5.41, 5.74) is 0. The number of aliphatic carboxylic acids is 1. The van der Waals surface area contributed by atoms with Crippen molar-refractivity contribution in [3.63, 3.8) is 0 Å². The molecule has 2 N–H and O–H groups in total. The van der Waals surface area contributed by atoms with E-state index in [2.05, 4.69) is 5.32 Å². The monoisotopic (exact) mass is 254 g/mol. The highest BCUT2D eigenvalue weighted by atomic mass is 16.4. The molecule has 0 aromatic rings. The maximum atomic E-state index is 12.1. The minimum Gasteiger partial charge on any atom is -0.481 e. The summed E-state index contributed by atoms with van der Waals surface area (Å²) in [6.45, 7) is 1.17. The number of rotatable bonds is 3. The molecule has 100 valence electrons. The Kier molecular flexibility index (Phi) is 3.84. The van der Waals surface area contributed by atoms with Gasteiger partial charge in [0.1, 0.15) is 6.04 Å². The van der Waals surface area contributed by atoms with E-state index in [9.17, 15) is 14.4 Å². The molecule has 0 saturated carbocycles. The van der Waals surface area contributed by atoms with Crippen molar-refractivity contribution in [3.05, 3.63) is 0 Å². The van der Waals surface area contributed by atoms with Crippen LogP contribution < -0.4 is 5.32 Å². The van der Waals surface area contributed by atoms with Gasteiger partial charge in [-0.3, -0.25) is 14.4 Å². The topological polar surface area (TPSA) is 86.7 Å². The fourth-order valence-corrected chi connectivity index (χ4v) is 2.70. The van der Waals surface area contributed by atoms with Crippen molar-refractivity contribution in [3.8, 4) is 0 Å².